The number of nitrogens with zero attached hydrogens (tertiary/aromatic N) is 3. The van der Waals surface area contributed by atoms with Crippen LogP contribution in [0.25, 0.3) is 11.3 Å². The summed E-state index contributed by atoms with van der Waals surface area (Å²) in [5, 5.41) is 14.3. The maximum absolute atomic E-state index is 11.6. The van der Waals surface area contributed by atoms with Gasteiger partial charge in [0.1, 0.15) is 11.5 Å². The summed E-state index contributed by atoms with van der Waals surface area (Å²) in [6.07, 6.45) is 1.44. The van der Waals surface area contributed by atoms with Crippen LogP contribution in [0.1, 0.15) is 11.3 Å². The number of rotatable bonds is 3. The van der Waals surface area contributed by atoms with Crippen molar-refractivity contribution in [1.29, 1.82) is 5.26 Å². The van der Waals surface area contributed by atoms with Crippen molar-refractivity contribution >= 4 is 40.4 Å². The van der Waals surface area contributed by atoms with Gasteiger partial charge in [0.05, 0.1) is 23.6 Å². The number of hydrogen-bond acceptors (Lipinski definition) is 6. The Morgan fingerprint density at radius 1 is 1.36 bits per heavy atom. The second kappa shape index (κ2) is 6.13. The molecule has 0 bridgehead atoms. The molecular formula is C15H9N3O2S2. The van der Waals surface area contributed by atoms with Gasteiger partial charge in [-0.2, -0.15) is 15.4 Å². The van der Waals surface area contributed by atoms with E-state index in [0.717, 1.165) is 0 Å². The quantitative estimate of drug-likeness (QED) is 0.640. The van der Waals surface area contributed by atoms with Gasteiger partial charge in [-0.05, 0) is 24.3 Å². The summed E-state index contributed by atoms with van der Waals surface area (Å²) in [5.41, 5.74) is 1.25. The van der Waals surface area contributed by atoms with Crippen LogP contribution in [0, 0.1) is 11.3 Å². The van der Waals surface area contributed by atoms with Gasteiger partial charge in [-0.1, -0.05) is 36.1 Å². The second-order valence-corrected chi connectivity index (χ2v) is 5.97. The Morgan fingerprint density at radius 3 is 2.91 bits per heavy atom. The zero-order valence-corrected chi connectivity index (χ0v) is 12.9. The number of carbonyl (C=O) groups is 1. The molecule has 0 atom stereocenters. The summed E-state index contributed by atoms with van der Waals surface area (Å²) >= 11 is 6.32. The molecule has 0 spiro atoms. The van der Waals surface area contributed by atoms with Gasteiger partial charge in [0, 0.05) is 5.56 Å². The minimum absolute atomic E-state index is 0.146. The van der Waals surface area contributed by atoms with Crippen LogP contribution in [0.15, 0.2) is 45.9 Å². The third-order valence-corrected chi connectivity index (χ3v) is 4.31. The van der Waals surface area contributed by atoms with Gasteiger partial charge < -0.3 is 4.42 Å². The van der Waals surface area contributed by atoms with Gasteiger partial charge in [0.15, 0.2) is 4.32 Å². The minimum Gasteiger partial charge on any atom is -0.455 e. The Hall–Kier alpha value is -2.43. The molecule has 2 aromatic rings. The molecule has 1 amide bonds. The van der Waals surface area contributed by atoms with E-state index in [9.17, 15) is 4.79 Å². The first-order valence-corrected chi connectivity index (χ1v) is 7.71. The van der Waals surface area contributed by atoms with Gasteiger partial charge in [-0.25, -0.2) is 0 Å². The topological polar surface area (TPSA) is 69.6 Å². The molecule has 3 rings (SSSR count). The Bertz CT molecular complexity index is 804. The molecule has 0 saturated carbocycles. The van der Waals surface area contributed by atoms with E-state index in [0.29, 0.717) is 32.7 Å². The highest BCUT2D eigenvalue weighted by molar-refractivity contribution is 8.23. The molecule has 0 aliphatic carbocycles. The van der Waals surface area contributed by atoms with Crippen molar-refractivity contribution in [1.82, 2.24) is 5.01 Å². The van der Waals surface area contributed by atoms with Crippen molar-refractivity contribution in [3.05, 3.63) is 47.7 Å². The molecule has 2 heterocycles. The molecule has 0 radical (unpaired) electrons. The number of thioether (sulfide) groups is 1. The second-order valence-electron chi connectivity index (χ2n) is 4.36. The minimum atomic E-state index is -0.146. The number of carbonyl (C=O) groups excluding carboxylic acids is 1. The fraction of sp³-hybridized carbons (Fsp3) is 0.0667. The molecule has 0 N–H and O–H groups in total. The van der Waals surface area contributed by atoms with E-state index in [1.165, 1.54) is 23.0 Å². The van der Waals surface area contributed by atoms with Crippen molar-refractivity contribution in [3.63, 3.8) is 0 Å². The lowest BCUT2D eigenvalue weighted by molar-refractivity contribution is -0.123. The molecule has 0 unspecified atom stereocenters. The lowest BCUT2D eigenvalue weighted by atomic mass is 10.1. The van der Waals surface area contributed by atoms with Crippen molar-refractivity contribution in [2.45, 2.75) is 0 Å². The van der Waals surface area contributed by atoms with E-state index in [1.807, 2.05) is 12.1 Å². The number of hydrazone groups is 1. The number of amides is 1. The monoisotopic (exact) mass is 327 g/mol. The Morgan fingerprint density at radius 2 is 2.18 bits per heavy atom. The average molecular weight is 327 g/mol. The molecule has 1 saturated heterocycles. The molecule has 1 aliphatic heterocycles. The Balaban J connectivity index is 1.84. The summed E-state index contributed by atoms with van der Waals surface area (Å²) in [7, 11) is 0. The van der Waals surface area contributed by atoms with Gasteiger partial charge in [-0.15, -0.1) is 0 Å². The van der Waals surface area contributed by atoms with Gasteiger partial charge in [0.2, 0.25) is 0 Å². The predicted octanol–water partition coefficient (Wildman–Crippen LogP) is 3.01. The highest BCUT2D eigenvalue weighted by Crippen LogP contribution is 2.25. The van der Waals surface area contributed by atoms with Crippen LogP contribution in [0.4, 0.5) is 0 Å². The van der Waals surface area contributed by atoms with E-state index >= 15 is 0 Å². The zero-order valence-electron chi connectivity index (χ0n) is 11.2. The Kier molecular flexibility index (Phi) is 4.04. The SMILES string of the molecule is N#Cc1ccccc1-c1ccc(/C=N/N2C(=O)CSC2=S)o1. The molecular weight excluding hydrogens is 318 g/mol. The summed E-state index contributed by atoms with van der Waals surface area (Å²) in [6, 6.07) is 12.8. The van der Waals surface area contributed by atoms with Gasteiger partial charge >= 0.3 is 0 Å². The number of furan rings is 1. The molecule has 1 fully saturated rings. The van der Waals surface area contributed by atoms with Crippen LogP contribution in [-0.4, -0.2) is 27.2 Å². The summed E-state index contributed by atoms with van der Waals surface area (Å²) < 4.78 is 6.09. The predicted molar refractivity (Wildman–Crippen MR) is 88.4 cm³/mol. The van der Waals surface area contributed by atoms with Crippen LogP contribution in [0.2, 0.25) is 0 Å². The molecule has 108 valence electrons. The van der Waals surface area contributed by atoms with Crippen molar-refractivity contribution in [2.75, 3.05) is 5.75 Å². The summed E-state index contributed by atoms with van der Waals surface area (Å²) in [4.78, 5) is 11.6. The average Bonchev–Trinajstić information content (AvgIpc) is 3.13. The first kappa shape index (κ1) is 14.5. The number of thiocarbonyl (C=S) groups is 1. The lowest BCUT2D eigenvalue weighted by Gasteiger charge is -2.05. The fourth-order valence-electron chi connectivity index (χ4n) is 1.94. The molecule has 1 aliphatic rings. The van der Waals surface area contributed by atoms with Crippen LogP contribution in [-0.2, 0) is 4.79 Å². The number of benzene rings is 1. The van der Waals surface area contributed by atoms with Crippen LogP contribution in [0.5, 0.6) is 0 Å². The van der Waals surface area contributed by atoms with Crippen LogP contribution in [0.3, 0.4) is 0 Å². The number of hydrogen-bond donors (Lipinski definition) is 0. The van der Waals surface area contributed by atoms with E-state index in [-0.39, 0.29) is 5.91 Å². The highest BCUT2D eigenvalue weighted by atomic mass is 32.2. The molecule has 22 heavy (non-hydrogen) atoms. The summed E-state index contributed by atoms with van der Waals surface area (Å²) in [5.74, 6) is 1.22. The molecule has 7 heteroatoms. The zero-order chi connectivity index (χ0) is 15.5. The maximum Gasteiger partial charge on any atom is 0.259 e. The summed E-state index contributed by atoms with van der Waals surface area (Å²) in [6.45, 7) is 0. The normalized spacial score (nSPS) is 14.8. The van der Waals surface area contributed by atoms with Crippen molar-refractivity contribution < 1.29 is 9.21 Å². The molecule has 1 aromatic heterocycles. The van der Waals surface area contributed by atoms with Gasteiger partial charge in [-0.3, -0.25) is 4.79 Å². The maximum atomic E-state index is 11.6. The highest BCUT2D eigenvalue weighted by Gasteiger charge is 2.26. The van der Waals surface area contributed by atoms with Crippen LogP contribution >= 0.6 is 24.0 Å². The number of nitriles is 1. The van der Waals surface area contributed by atoms with E-state index in [4.69, 9.17) is 21.9 Å². The molecule has 1 aromatic carbocycles. The lowest BCUT2D eigenvalue weighted by Crippen LogP contribution is -2.22. The van der Waals surface area contributed by atoms with E-state index < -0.39 is 0 Å². The van der Waals surface area contributed by atoms with E-state index in [1.54, 1.807) is 24.3 Å². The first-order valence-electron chi connectivity index (χ1n) is 6.32. The van der Waals surface area contributed by atoms with Crippen molar-refractivity contribution in [3.8, 4) is 17.4 Å². The smallest absolute Gasteiger partial charge is 0.259 e. The first-order chi connectivity index (χ1) is 10.7. The van der Waals surface area contributed by atoms with Crippen LogP contribution < -0.4 is 0 Å². The standard InChI is InChI=1S/C15H9N3O2S2/c16-7-10-3-1-2-4-12(10)13-6-5-11(20-13)8-17-18-14(19)9-22-15(18)21/h1-6,8H,9H2/b17-8+. The third-order valence-electron chi connectivity index (χ3n) is 2.97. The van der Waals surface area contributed by atoms with Gasteiger partial charge in [0.25, 0.3) is 5.91 Å². The van der Waals surface area contributed by atoms with Crippen molar-refractivity contribution in [2.24, 2.45) is 5.10 Å². The molecule has 5 nitrogen and oxygen atoms in total. The Labute approximate surface area is 136 Å². The largest absolute Gasteiger partial charge is 0.455 e. The van der Waals surface area contributed by atoms with E-state index in [2.05, 4.69) is 11.2 Å². The third kappa shape index (κ3) is 2.79. The fourth-order valence-corrected chi connectivity index (χ4v) is 2.90.